The Morgan fingerprint density at radius 3 is 2.30 bits per heavy atom. The Morgan fingerprint density at radius 2 is 1.75 bits per heavy atom. The molecule has 238 valence electrons. The van der Waals surface area contributed by atoms with Gasteiger partial charge in [-0.05, 0) is 66.4 Å². The summed E-state index contributed by atoms with van der Waals surface area (Å²) in [4.78, 5) is 18.8. The molecule has 0 saturated carbocycles. The fourth-order valence-corrected chi connectivity index (χ4v) is 5.91. The van der Waals surface area contributed by atoms with Gasteiger partial charge in [0.25, 0.3) is 5.91 Å². The van der Waals surface area contributed by atoms with Gasteiger partial charge in [0.15, 0.2) is 14.9 Å². The molecule has 3 atom stereocenters. The van der Waals surface area contributed by atoms with Gasteiger partial charge in [0.1, 0.15) is 0 Å². The van der Waals surface area contributed by atoms with Crippen LogP contribution in [0.25, 0.3) is 0 Å². The van der Waals surface area contributed by atoms with Crippen LogP contribution in [0, 0.1) is 0 Å². The van der Waals surface area contributed by atoms with Crippen LogP contribution in [0.15, 0.2) is 71.9 Å². The number of aliphatic hydroxyl groups excluding tert-OH is 1. The first-order valence-electron chi connectivity index (χ1n) is 13.9. The predicted molar refractivity (Wildman–Crippen MR) is 152 cm³/mol. The third-order valence-corrected chi connectivity index (χ3v) is 9.28. The van der Waals surface area contributed by atoms with Gasteiger partial charge in [0, 0.05) is 29.9 Å². The number of anilines is 1. The Kier molecular flexibility index (Phi) is 10.6. The van der Waals surface area contributed by atoms with Gasteiger partial charge in [0.05, 0.1) is 36.6 Å². The zero-order valence-corrected chi connectivity index (χ0v) is 24.5. The molecule has 2 N–H and O–H groups in total. The van der Waals surface area contributed by atoms with E-state index >= 15 is 0 Å². The molecule has 0 spiro atoms. The second-order valence-electron chi connectivity index (χ2n) is 10.4. The molecular formula is C30H32F5N3O5S. The fourth-order valence-electron chi connectivity index (χ4n) is 5.13. The van der Waals surface area contributed by atoms with Gasteiger partial charge in [-0.15, -0.1) is 0 Å². The summed E-state index contributed by atoms with van der Waals surface area (Å²) >= 11 is 0. The number of nitrogens with zero attached hydrogens (tertiary/aromatic N) is 2. The van der Waals surface area contributed by atoms with Crippen molar-refractivity contribution in [1.29, 1.82) is 0 Å². The average Bonchev–Trinajstić information content (AvgIpc) is 3.02. The zero-order chi connectivity index (χ0) is 32.1. The van der Waals surface area contributed by atoms with E-state index in [1.807, 2.05) is 4.90 Å². The van der Waals surface area contributed by atoms with Crippen molar-refractivity contribution in [2.75, 3.05) is 30.4 Å². The number of carbonyl (C=O) groups excluding carboxylic acids is 1. The van der Waals surface area contributed by atoms with Crippen LogP contribution >= 0.6 is 0 Å². The van der Waals surface area contributed by atoms with Crippen LogP contribution in [0.3, 0.4) is 0 Å². The largest absolute Gasteiger partial charge is 0.416 e. The third-order valence-electron chi connectivity index (χ3n) is 7.64. The first kappa shape index (κ1) is 33.3. The molecule has 1 amide bonds. The Morgan fingerprint density at radius 1 is 1.07 bits per heavy atom. The monoisotopic (exact) mass is 641 g/mol. The van der Waals surface area contributed by atoms with Gasteiger partial charge in [-0.25, -0.2) is 13.4 Å². The van der Waals surface area contributed by atoms with E-state index < -0.39 is 52.8 Å². The lowest BCUT2D eigenvalue weighted by molar-refractivity contribution is -0.137. The molecule has 2 heterocycles. The molecule has 8 nitrogen and oxygen atoms in total. The molecule has 1 aliphatic heterocycles. The molecule has 1 aromatic heterocycles. The highest BCUT2D eigenvalue weighted by molar-refractivity contribution is 7.91. The number of benzene rings is 2. The van der Waals surface area contributed by atoms with Crippen molar-refractivity contribution in [3.8, 4) is 0 Å². The second-order valence-corrected chi connectivity index (χ2v) is 12.6. The predicted octanol–water partition coefficient (Wildman–Crippen LogP) is 5.35. The highest BCUT2D eigenvalue weighted by Gasteiger charge is 2.33. The van der Waals surface area contributed by atoms with Crippen LogP contribution in [0.5, 0.6) is 0 Å². The molecule has 2 aromatic carbocycles. The number of aliphatic hydroxyl groups is 1. The fraction of sp³-hybridized carbons (Fsp3) is 0.400. The molecule has 44 heavy (non-hydrogen) atoms. The average molecular weight is 642 g/mol. The molecule has 0 bridgehead atoms. The van der Waals surface area contributed by atoms with Crippen LogP contribution < -0.4 is 10.2 Å². The summed E-state index contributed by atoms with van der Waals surface area (Å²) in [5.74, 6) is -0.816. The molecule has 1 saturated heterocycles. The Hall–Kier alpha value is -3.62. The number of ether oxygens (including phenoxy) is 1. The Balaban J connectivity index is 1.49. The van der Waals surface area contributed by atoms with E-state index in [1.165, 1.54) is 49.5 Å². The van der Waals surface area contributed by atoms with Gasteiger partial charge in [-0.3, -0.25) is 4.79 Å². The van der Waals surface area contributed by atoms with Gasteiger partial charge < -0.3 is 20.1 Å². The summed E-state index contributed by atoms with van der Waals surface area (Å²) in [5, 5.41) is 12.4. The minimum absolute atomic E-state index is 0.113. The first-order valence-corrected chi connectivity index (χ1v) is 15.5. The van der Waals surface area contributed by atoms with Gasteiger partial charge in [-0.2, -0.15) is 22.0 Å². The molecule has 4 rings (SSSR count). The molecule has 0 radical (unpaired) electrons. The number of amides is 1. The summed E-state index contributed by atoms with van der Waals surface area (Å²) in [6.07, 6.45) is -2.18. The number of hydrogen-bond donors (Lipinski definition) is 2. The number of halogens is 5. The van der Waals surface area contributed by atoms with E-state index in [1.54, 1.807) is 12.1 Å². The maximum atomic E-state index is 13.0. The van der Waals surface area contributed by atoms with E-state index in [0.717, 1.165) is 12.1 Å². The number of carbonyl (C=O) groups is 1. The van der Waals surface area contributed by atoms with Crippen molar-refractivity contribution in [1.82, 2.24) is 10.3 Å². The zero-order valence-electron chi connectivity index (χ0n) is 23.7. The second kappa shape index (κ2) is 14.0. The molecule has 1 fully saturated rings. The van der Waals surface area contributed by atoms with E-state index in [-0.39, 0.29) is 28.9 Å². The first-order chi connectivity index (χ1) is 20.8. The number of rotatable bonds is 11. The van der Waals surface area contributed by atoms with Crippen LogP contribution in [0.1, 0.15) is 58.8 Å². The quantitative estimate of drug-likeness (QED) is 0.272. The molecule has 1 aliphatic rings. The van der Waals surface area contributed by atoms with Crippen LogP contribution in [-0.2, 0) is 20.8 Å². The normalized spacial score (nSPS) is 18.3. The van der Waals surface area contributed by atoms with Crippen LogP contribution in [-0.4, -0.2) is 62.6 Å². The smallest absolute Gasteiger partial charge is 0.394 e. The van der Waals surface area contributed by atoms with Crippen molar-refractivity contribution in [3.05, 3.63) is 89.1 Å². The highest BCUT2D eigenvalue weighted by atomic mass is 32.2. The third kappa shape index (κ3) is 8.10. The van der Waals surface area contributed by atoms with Crippen molar-refractivity contribution >= 4 is 21.4 Å². The maximum absolute atomic E-state index is 13.0. The standard InChI is InChI=1S/C30H32F5N3O5S/c1-2-44(41,42)27-14-8-21(15-36-27)26(17-39)37-28(40)20-5-11-24(12-6-20)38-16-22(7-13-25(38)18-43-29(31)32)19-3-9-23(10-4-19)30(33,34)35/h3-6,8-12,14-15,22,25-26,29,39H,2,7,13,16-18H2,1H3,(H,37,40)/t22?,25-,26-/m0/s1. The van der Waals surface area contributed by atoms with Gasteiger partial charge in [-0.1, -0.05) is 25.1 Å². The van der Waals surface area contributed by atoms with Crippen LogP contribution in [0.2, 0.25) is 0 Å². The van der Waals surface area contributed by atoms with Crippen molar-refractivity contribution in [2.45, 2.75) is 55.6 Å². The summed E-state index contributed by atoms with van der Waals surface area (Å²) in [7, 11) is -3.52. The lowest BCUT2D eigenvalue weighted by Crippen LogP contribution is -2.45. The number of alkyl halides is 5. The lowest BCUT2D eigenvalue weighted by atomic mass is 9.86. The van der Waals surface area contributed by atoms with Crippen molar-refractivity contribution < 1.29 is 45.0 Å². The van der Waals surface area contributed by atoms with E-state index in [4.69, 9.17) is 0 Å². The number of aromatic nitrogens is 1. The minimum atomic E-state index is -4.46. The minimum Gasteiger partial charge on any atom is -0.394 e. The van der Waals surface area contributed by atoms with Crippen molar-refractivity contribution in [3.63, 3.8) is 0 Å². The van der Waals surface area contributed by atoms with E-state index in [9.17, 15) is 40.3 Å². The summed E-state index contributed by atoms with van der Waals surface area (Å²) < 4.78 is 93.4. The molecule has 1 unspecified atom stereocenters. The lowest BCUT2D eigenvalue weighted by Gasteiger charge is -2.41. The number of sulfone groups is 1. The molecular weight excluding hydrogens is 609 g/mol. The highest BCUT2D eigenvalue weighted by Crippen LogP contribution is 2.36. The molecule has 14 heteroatoms. The Bertz CT molecular complexity index is 1500. The number of pyridine rings is 1. The topological polar surface area (TPSA) is 109 Å². The molecule has 3 aromatic rings. The SMILES string of the molecule is CCS(=O)(=O)c1ccc([C@H](CO)NC(=O)c2ccc(N3CC(c4ccc(C(F)(F)F)cc4)CC[C@H]3COC(F)F)cc2)cn1. The number of hydrogen-bond acceptors (Lipinski definition) is 7. The van der Waals surface area contributed by atoms with Gasteiger partial charge in [0.2, 0.25) is 0 Å². The maximum Gasteiger partial charge on any atom is 0.416 e. The van der Waals surface area contributed by atoms with Crippen LogP contribution in [0.4, 0.5) is 27.6 Å². The van der Waals surface area contributed by atoms with Crippen molar-refractivity contribution in [2.24, 2.45) is 0 Å². The summed E-state index contributed by atoms with van der Waals surface area (Å²) in [6.45, 7) is -1.87. The number of nitrogens with one attached hydrogen (secondary N) is 1. The number of piperidine rings is 1. The summed E-state index contributed by atoms with van der Waals surface area (Å²) in [6, 6.07) is 12.7. The Labute approximate surface area is 251 Å². The molecule has 0 aliphatic carbocycles. The van der Waals surface area contributed by atoms with E-state index in [2.05, 4.69) is 15.0 Å². The van der Waals surface area contributed by atoms with Gasteiger partial charge >= 0.3 is 12.8 Å². The van der Waals surface area contributed by atoms with E-state index in [0.29, 0.717) is 36.2 Å². The summed E-state index contributed by atoms with van der Waals surface area (Å²) in [5.41, 5.74) is 1.18.